The number of benzene rings is 1. The average Bonchev–Trinajstić information content (AvgIpc) is 2.92. The maximum Gasteiger partial charge on any atom is 0.239 e. The maximum atomic E-state index is 6.28. The fraction of sp³-hybridized carbons (Fsp3) is 0.250. The first-order valence-corrected chi connectivity index (χ1v) is 6.30. The molecule has 2 heterocycles. The summed E-state index contributed by atoms with van der Waals surface area (Å²) in [7, 11) is 0. The van der Waals surface area contributed by atoms with Crippen LogP contribution in [0.3, 0.4) is 0 Å². The Balaban J connectivity index is 2.36. The predicted octanol–water partition coefficient (Wildman–Crippen LogP) is 2.64. The summed E-state index contributed by atoms with van der Waals surface area (Å²) in [5, 5.41) is 7.29. The molecule has 0 unspecified atom stereocenters. The number of H-pyrrole nitrogens is 1. The largest absolute Gasteiger partial charge is 0.366 e. The number of aromatic amines is 1. The lowest BCUT2D eigenvalue weighted by Crippen LogP contribution is -2.04. The minimum absolute atomic E-state index is 0.186. The van der Waals surface area contributed by atoms with E-state index in [-0.39, 0.29) is 12.0 Å². The number of hydrogen-bond donors (Lipinski definition) is 2. The van der Waals surface area contributed by atoms with Crippen molar-refractivity contribution in [2.75, 3.05) is 5.73 Å². The summed E-state index contributed by atoms with van der Waals surface area (Å²) in [5.74, 6) is 1.42. The average molecular weight is 277 g/mol. The van der Waals surface area contributed by atoms with Gasteiger partial charge in [-0.3, -0.25) is 5.10 Å². The van der Waals surface area contributed by atoms with Crippen LogP contribution in [0.5, 0.6) is 0 Å². The number of nitrogens with one attached hydrogen (secondary N) is 1. The van der Waals surface area contributed by atoms with E-state index >= 15 is 0 Å². The molecule has 0 bridgehead atoms. The minimum Gasteiger partial charge on any atom is -0.366 e. The van der Waals surface area contributed by atoms with E-state index in [1.165, 1.54) is 0 Å². The fourth-order valence-electron chi connectivity index (χ4n) is 2.15. The molecule has 0 aliphatic carbocycles. The van der Waals surface area contributed by atoms with Crippen LogP contribution in [0.1, 0.15) is 19.9 Å². The van der Waals surface area contributed by atoms with Gasteiger partial charge in [-0.2, -0.15) is 4.98 Å². The van der Waals surface area contributed by atoms with Gasteiger partial charge in [0.15, 0.2) is 11.6 Å². The van der Waals surface area contributed by atoms with Crippen LogP contribution in [-0.4, -0.2) is 24.7 Å². The molecule has 0 saturated carbocycles. The second-order valence-electron chi connectivity index (χ2n) is 4.55. The van der Waals surface area contributed by atoms with Crippen molar-refractivity contribution >= 4 is 28.6 Å². The molecule has 0 aliphatic rings. The Hall–Kier alpha value is -2.08. The molecule has 3 N–H and O–H groups in total. The number of imidazole rings is 1. The van der Waals surface area contributed by atoms with Crippen LogP contribution in [-0.2, 0) is 0 Å². The first-order chi connectivity index (χ1) is 9.08. The third-order valence-electron chi connectivity index (χ3n) is 2.89. The molecule has 0 fully saturated rings. The van der Waals surface area contributed by atoms with E-state index < -0.39 is 0 Å². The van der Waals surface area contributed by atoms with Crippen LogP contribution in [0.25, 0.3) is 22.7 Å². The number of anilines is 1. The monoisotopic (exact) mass is 276 g/mol. The summed E-state index contributed by atoms with van der Waals surface area (Å²) in [4.78, 5) is 8.70. The third-order valence-corrected chi connectivity index (χ3v) is 3.20. The van der Waals surface area contributed by atoms with Crippen molar-refractivity contribution in [2.45, 2.75) is 19.9 Å². The van der Waals surface area contributed by atoms with E-state index in [0.717, 1.165) is 11.0 Å². The molecular weight excluding hydrogens is 264 g/mol. The van der Waals surface area contributed by atoms with Crippen molar-refractivity contribution < 1.29 is 0 Å². The molecule has 0 radical (unpaired) electrons. The molecule has 0 amide bonds. The van der Waals surface area contributed by atoms with Crippen molar-refractivity contribution in [1.29, 1.82) is 0 Å². The molecule has 1 aromatic carbocycles. The molecule has 0 aliphatic heterocycles. The van der Waals surface area contributed by atoms with Crippen LogP contribution in [0.2, 0.25) is 5.02 Å². The van der Waals surface area contributed by atoms with E-state index in [1.807, 2.05) is 22.8 Å². The zero-order valence-corrected chi connectivity index (χ0v) is 11.3. The van der Waals surface area contributed by atoms with Crippen molar-refractivity contribution in [3.63, 3.8) is 0 Å². The molecule has 19 heavy (non-hydrogen) atoms. The molecular formula is C12H13ClN6. The topological polar surface area (TPSA) is 85.4 Å². The molecule has 0 atom stereocenters. The molecule has 2 aromatic heterocycles. The Kier molecular flexibility index (Phi) is 2.67. The minimum atomic E-state index is 0.186. The number of fused-ring (bicyclic) bond motifs is 1. The number of para-hydroxylation sites is 1. The maximum absolute atomic E-state index is 6.28. The highest BCUT2D eigenvalue weighted by atomic mass is 35.5. The van der Waals surface area contributed by atoms with Crippen LogP contribution in [0.4, 0.5) is 5.95 Å². The number of nitrogens with zero attached hydrogens (tertiary/aromatic N) is 4. The van der Waals surface area contributed by atoms with E-state index in [9.17, 15) is 0 Å². The van der Waals surface area contributed by atoms with Gasteiger partial charge in [0.1, 0.15) is 0 Å². The van der Waals surface area contributed by atoms with Crippen LogP contribution >= 0.6 is 11.6 Å². The van der Waals surface area contributed by atoms with Crippen LogP contribution in [0.15, 0.2) is 18.2 Å². The van der Waals surface area contributed by atoms with Gasteiger partial charge in [0.2, 0.25) is 5.95 Å². The lowest BCUT2D eigenvalue weighted by molar-refractivity contribution is 0.622. The van der Waals surface area contributed by atoms with Gasteiger partial charge < -0.3 is 10.3 Å². The van der Waals surface area contributed by atoms with Gasteiger partial charge in [-0.15, -0.1) is 5.10 Å². The van der Waals surface area contributed by atoms with Gasteiger partial charge in [0.05, 0.1) is 16.1 Å². The van der Waals surface area contributed by atoms with Gasteiger partial charge in [-0.05, 0) is 26.0 Å². The Morgan fingerprint density at radius 3 is 2.74 bits per heavy atom. The number of rotatable bonds is 2. The number of nitrogen functional groups attached to an aromatic ring is 1. The highest BCUT2D eigenvalue weighted by molar-refractivity contribution is 6.35. The molecule has 3 rings (SSSR count). The fourth-order valence-corrected chi connectivity index (χ4v) is 2.41. The van der Waals surface area contributed by atoms with E-state index in [2.05, 4.69) is 34.0 Å². The normalized spacial score (nSPS) is 11.6. The number of aromatic nitrogens is 5. The summed E-state index contributed by atoms with van der Waals surface area (Å²) < 4.78 is 2.03. The SMILES string of the molecule is CC(C)n1c(-c2nc(N)n[nH]2)nc2cccc(Cl)c21. The second kappa shape index (κ2) is 4.24. The smallest absolute Gasteiger partial charge is 0.239 e. The lowest BCUT2D eigenvalue weighted by atomic mass is 10.3. The number of halogens is 1. The van der Waals surface area contributed by atoms with E-state index in [0.29, 0.717) is 16.7 Å². The van der Waals surface area contributed by atoms with Gasteiger partial charge in [-0.1, -0.05) is 17.7 Å². The third kappa shape index (κ3) is 1.84. The highest BCUT2D eigenvalue weighted by Crippen LogP contribution is 2.31. The Morgan fingerprint density at radius 1 is 1.32 bits per heavy atom. The van der Waals surface area contributed by atoms with Crippen molar-refractivity contribution in [1.82, 2.24) is 24.7 Å². The molecule has 7 heteroatoms. The first kappa shape index (κ1) is 12.0. The standard InChI is InChI=1S/C12H13ClN6/c1-6(2)19-9-7(13)4-3-5-8(9)15-11(19)10-16-12(14)18-17-10/h3-6H,1-2H3,(H3,14,16,17,18). The van der Waals surface area contributed by atoms with Crippen LogP contribution < -0.4 is 5.73 Å². The molecule has 0 spiro atoms. The van der Waals surface area contributed by atoms with Gasteiger partial charge in [0.25, 0.3) is 0 Å². The Morgan fingerprint density at radius 2 is 2.11 bits per heavy atom. The van der Waals surface area contributed by atoms with Crippen LogP contribution in [0, 0.1) is 0 Å². The van der Waals surface area contributed by atoms with Gasteiger partial charge in [-0.25, -0.2) is 4.98 Å². The van der Waals surface area contributed by atoms with Crippen molar-refractivity contribution in [3.8, 4) is 11.6 Å². The second-order valence-corrected chi connectivity index (χ2v) is 4.96. The zero-order valence-electron chi connectivity index (χ0n) is 10.6. The van der Waals surface area contributed by atoms with Crippen molar-refractivity contribution in [2.24, 2.45) is 0 Å². The van der Waals surface area contributed by atoms with Crippen molar-refractivity contribution in [3.05, 3.63) is 23.2 Å². The highest BCUT2D eigenvalue weighted by Gasteiger charge is 2.19. The summed E-state index contributed by atoms with van der Waals surface area (Å²) in [6.45, 7) is 4.13. The number of nitrogens with two attached hydrogens (primary N) is 1. The summed E-state index contributed by atoms with van der Waals surface area (Å²) in [6, 6.07) is 5.83. The van der Waals surface area contributed by atoms with Gasteiger partial charge in [0, 0.05) is 6.04 Å². The van der Waals surface area contributed by atoms with E-state index in [4.69, 9.17) is 17.3 Å². The summed E-state index contributed by atoms with van der Waals surface area (Å²) >= 11 is 6.28. The zero-order chi connectivity index (χ0) is 13.6. The molecule has 3 aromatic rings. The first-order valence-electron chi connectivity index (χ1n) is 5.92. The number of hydrogen-bond acceptors (Lipinski definition) is 4. The molecule has 6 nitrogen and oxygen atoms in total. The molecule has 0 saturated heterocycles. The Bertz CT molecular complexity index is 742. The Labute approximate surface area is 114 Å². The van der Waals surface area contributed by atoms with E-state index in [1.54, 1.807) is 0 Å². The quantitative estimate of drug-likeness (QED) is 0.753. The lowest BCUT2D eigenvalue weighted by Gasteiger charge is -2.12. The summed E-state index contributed by atoms with van der Waals surface area (Å²) in [5.41, 5.74) is 7.27. The van der Waals surface area contributed by atoms with Gasteiger partial charge >= 0.3 is 0 Å². The molecule has 98 valence electrons. The predicted molar refractivity (Wildman–Crippen MR) is 74.9 cm³/mol. The summed E-state index contributed by atoms with van der Waals surface area (Å²) in [6.07, 6.45) is 0.